The Morgan fingerprint density at radius 2 is 1.47 bits per heavy atom. The van der Waals surface area contributed by atoms with E-state index < -0.39 is 38.4 Å². The number of carbonyl (C=O) groups is 1. The maximum atomic E-state index is 13.6. The summed E-state index contributed by atoms with van der Waals surface area (Å²) in [6.45, 7) is 0. The maximum Gasteiger partial charge on any atom is 0.255 e. The molecule has 9 heteroatoms. The van der Waals surface area contributed by atoms with Crippen molar-refractivity contribution in [3.63, 3.8) is 0 Å². The van der Waals surface area contributed by atoms with Gasteiger partial charge in [0.15, 0.2) is 27.3 Å². The average Bonchev–Trinajstić information content (AvgIpc) is 2.71. The van der Waals surface area contributed by atoms with E-state index in [9.17, 15) is 26.4 Å². The molecule has 0 atom stereocenters. The Balaban J connectivity index is 1.44. The summed E-state index contributed by atoms with van der Waals surface area (Å²) in [4.78, 5) is 12.5. The number of hydrogen-bond donors (Lipinski definition) is 1. The average molecular weight is 484 g/mol. The molecule has 0 heterocycles. The Bertz CT molecular complexity index is 1170. The first-order valence-corrected chi connectivity index (χ1v) is 12.5. The van der Waals surface area contributed by atoms with Crippen LogP contribution >= 0.6 is 11.6 Å². The van der Waals surface area contributed by atoms with Crippen LogP contribution in [0.25, 0.3) is 0 Å². The summed E-state index contributed by atoms with van der Waals surface area (Å²) in [5.41, 5.74) is -0.311. The first kappa shape index (κ1) is 21.8. The molecule has 0 spiro atoms. The van der Waals surface area contributed by atoms with Gasteiger partial charge in [-0.25, -0.2) is 21.6 Å². The number of rotatable bonds is 4. The van der Waals surface area contributed by atoms with E-state index in [1.54, 1.807) is 0 Å². The second-order valence-corrected chi connectivity index (χ2v) is 11.8. The lowest BCUT2D eigenvalue weighted by Crippen LogP contribution is -2.51. The fourth-order valence-electron chi connectivity index (χ4n) is 6.22. The Kier molecular flexibility index (Phi) is 5.28. The number of nitrogens with one attached hydrogen (secondary N) is 1. The van der Waals surface area contributed by atoms with Crippen molar-refractivity contribution in [1.82, 2.24) is 0 Å². The number of amides is 1. The molecule has 2 aromatic carbocycles. The normalized spacial score (nSPS) is 28.7. The van der Waals surface area contributed by atoms with Crippen LogP contribution in [0, 0.1) is 41.1 Å². The van der Waals surface area contributed by atoms with E-state index in [-0.39, 0.29) is 33.0 Å². The highest BCUT2D eigenvalue weighted by atomic mass is 35.5. The van der Waals surface area contributed by atoms with Gasteiger partial charge < -0.3 is 5.32 Å². The molecule has 0 saturated heterocycles. The van der Waals surface area contributed by atoms with Gasteiger partial charge in [0, 0.05) is 23.4 Å². The largest absolute Gasteiger partial charge is 0.322 e. The molecular formula is C23H21ClF3NO3S. The Hall–Kier alpha value is -2.06. The Morgan fingerprint density at radius 1 is 0.906 bits per heavy atom. The van der Waals surface area contributed by atoms with E-state index in [0.717, 1.165) is 25.7 Å². The van der Waals surface area contributed by atoms with E-state index in [1.807, 2.05) is 0 Å². The Labute approximate surface area is 189 Å². The van der Waals surface area contributed by atoms with Crippen LogP contribution in [0.1, 0.15) is 42.5 Å². The van der Waals surface area contributed by atoms with Crippen molar-refractivity contribution in [1.29, 1.82) is 0 Å². The van der Waals surface area contributed by atoms with Crippen molar-refractivity contribution in [2.24, 2.45) is 23.7 Å². The van der Waals surface area contributed by atoms with Gasteiger partial charge >= 0.3 is 0 Å². The minimum Gasteiger partial charge on any atom is -0.322 e. The van der Waals surface area contributed by atoms with Crippen LogP contribution in [0.4, 0.5) is 18.9 Å². The van der Waals surface area contributed by atoms with E-state index in [1.165, 1.54) is 24.6 Å². The van der Waals surface area contributed by atoms with Crippen molar-refractivity contribution in [2.75, 3.05) is 5.32 Å². The van der Waals surface area contributed by atoms with Crippen LogP contribution < -0.4 is 5.32 Å². The zero-order valence-corrected chi connectivity index (χ0v) is 18.5. The Morgan fingerprint density at radius 3 is 2.03 bits per heavy atom. The summed E-state index contributed by atoms with van der Waals surface area (Å²) in [5.74, 6) is -3.89. The van der Waals surface area contributed by atoms with Crippen LogP contribution in [0.2, 0.25) is 5.02 Å². The number of halogens is 4. The molecule has 4 saturated carbocycles. The van der Waals surface area contributed by atoms with Gasteiger partial charge in [-0.05, 0) is 74.0 Å². The van der Waals surface area contributed by atoms with Crippen molar-refractivity contribution in [2.45, 2.75) is 42.2 Å². The van der Waals surface area contributed by atoms with Gasteiger partial charge in [0.05, 0.1) is 15.2 Å². The molecule has 0 aromatic heterocycles. The summed E-state index contributed by atoms with van der Waals surface area (Å²) >= 11 is 6.27. The van der Waals surface area contributed by atoms with Gasteiger partial charge in [-0.3, -0.25) is 4.79 Å². The third-order valence-corrected chi connectivity index (χ3v) is 10.1. The van der Waals surface area contributed by atoms with Crippen LogP contribution in [0.15, 0.2) is 35.2 Å². The maximum absolute atomic E-state index is 13.6. The van der Waals surface area contributed by atoms with Gasteiger partial charge in [-0.1, -0.05) is 11.6 Å². The molecule has 0 aliphatic heterocycles. The lowest BCUT2D eigenvalue weighted by Gasteiger charge is -2.53. The predicted molar refractivity (Wildman–Crippen MR) is 114 cm³/mol. The van der Waals surface area contributed by atoms with Crippen LogP contribution in [-0.4, -0.2) is 19.6 Å². The standard InChI is InChI=1S/C23H21ClF3NO3S/c24-17-2-1-13(23(29)28-16-9-18(25)21(27)19(26)10-16)8-20(17)32(30,31)22-14-4-11-3-12(6-14)7-15(22)5-11/h1-2,8-12,14-15,22H,3-7H2,(H,28,29)/t11-,12+,14?,15?,22-. The van der Waals surface area contributed by atoms with Gasteiger partial charge in [0.2, 0.25) is 0 Å². The number of sulfone groups is 1. The van der Waals surface area contributed by atoms with Gasteiger partial charge in [-0.15, -0.1) is 0 Å². The van der Waals surface area contributed by atoms with Crippen LogP contribution in [-0.2, 0) is 9.84 Å². The number of hydrogen-bond acceptors (Lipinski definition) is 3. The van der Waals surface area contributed by atoms with Gasteiger partial charge in [-0.2, -0.15) is 0 Å². The summed E-state index contributed by atoms with van der Waals surface area (Å²) in [7, 11) is -3.78. The minimum atomic E-state index is -3.78. The highest BCUT2D eigenvalue weighted by Crippen LogP contribution is 2.56. The molecule has 4 aliphatic rings. The fourth-order valence-corrected chi connectivity index (χ4v) is 9.04. The molecule has 4 bridgehead atoms. The van der Waals surface area contributed by atoms with E-state index in [4.69, 9.17) is 11.6 Å². The summed E-state index contributed by atoms with van der Waals surface area (Å²) in [5, 5.41) is 1.80. The zero-order chi connectivity index (χ0) is 22.8. The first-order valence-electron chi connectivity index (χ1n) is 10.6. The predicted octanol–water partition coefficient (Wildman–Crippen LogP) is 5.61. The molecule has 1 amide bonds. The third kappa shape index (κ3) is 3.61. The number of benzene rings is 2. The molecule has 0 radical (unpaired) electrons. The lowest BCUT2D eigenvalue weighted by atomic mass is 9.56. The van der Waals surface area contributed by atoms with E-state index in [2.05, 4.69) is 5.32 Å². The number of carbonyl (C=O) groups excluding carboxylic acids is 1. The molecule has 32 heavy (non-hydrogen) atoms. The van der Waals surface area contributed by atoms with Gasteiger partial charge in [0.1, 0.15) is 0 Å². The highest BCUT2D eigenvalue weighted by Gasteiger charge is 2.53. The minimum absolute atomic E-state index is 0.0260. The monoisotopic (exact) mass is 483 g/mol. The molecule has 4 nitrogen and oxygen atoms in total. The van der Waals surface area contributed by atoms with Crippen molar-refractivity contribution >= 4 is 33.0 Å². The topological polar surface area (TPSA) is 63.2 Å². The third-order valence-electron chi connectivity index (χ3n) is 7.24. The summed E-state index contributed by atoms with van der Waals surface area (Å²) < 4.78 is 67.4. The van der Waals surface area contributed by atoms with Gasteiger partial charge in [0.25, 0.3) is 5.91 Å². The molecule has 1 N–H and O–H groups in total. The second kappa shape index (κ2) is 7.76. The molecule has 4 fully saturated rings. The smallest absolute Gasteiger partial charge is 0.255 e. The number of anilines is 1. The van der Waals surface area contributed by atoms with Crippen molar-refractivity contribution in [3.05, 3.63) is 58.4 Å². The molecule has 2 aromatic rings. The van der Waals surface area contributed by atoms with E-state index in [0.29, 0.717) is 24.0 Å². The SMILES string of the molecule is O=C(Nc1cc(F)c(F)c(F)c1)c1ccc(Cl)c(S(=O)(=O)[C@H]2C3C[C@H]4CC2C[C@@H](C3)C4)c1. The molecule has 6 rings (SSSR count). The first-order chi connectivity index (χ1) is 15.1. The second-order valence-electron chi connectivity index (χ2n) is 9.29. The van der Waals surface area contributed by atoms with Crippen LogP contribution in [0.3, 0.4) is 0 Å². The zero-order valence-electron chi connectivity index (χ0n) is 17.0. The lowest BCUT2D eigenvalue weighted by molar-refractivity contribution is 0.0237. The van der Waals surface area contributed by atoms with E-state index >= 15 is 0 Å². The molecule has 0 unspecified atom stereocenters. The molecular weight excluding hydrogens is 463 g/mol. The summed E-state index contributed by atoms with van der Waals surface area (Å²) in [6.07, 6.45) is 4.85. The van der Waals surface area contributed by atoms with Crippen molar-refractivity contribution in [3.8, 4) is 0 Å². The molecule has 4 aliphatic carbocycles. The molecule has 170 valence electrons. The summed E-state index contributed by atoms with van der Waals surface area (Å²) in [6, 6.07) is 5.19. The van der Waals surface area contributed by atoms with Crippen molar-refractivity contribution < 1.29 is 26.4 Å². The quantitative estimate of drug-likeness (QED) is 0.575. The highest BCUT2D eigenvalue weighted by molar-refractivity contribution is 7.92. The fraction of sp³-hybridized carbons (Fsp3) is 0.435. The van der Waals surface area contributed by atoms with Crippen LogP contribution in [0.5, 0.6) is 0 Å².